The zero-order valence-electron chi connectivity index (χ0n) is 17.3. The third kappa shape index (κ3) is 8.04. The van der Waals surface area contributed by atoms with E-state index in [0.29, 0.717) is 11.8 Å². The molecule has 7 heteroatoms. The molecule has 0 aliphatic carbocycles. The first-order valence-corrected chi connectivity index (χ1v) is 11.1. The van der Waals surface area contributed by atoms with Crippen molar-refractivity contribution in [2.75, 3.05) is 31.1 Å². The second-order valence-electron chi connectivity index (χ2n) is 7.03. The van der Waals surface area contributed by atoms with Crippen LogP contribution < -0.4 is 15.5 Å². The lowest BCUT2D eigenvalue weighted by Crippen LogP contribution is -2.40. The predicted molar refractivity (Wildman–Crippen MR) is 136 cm³/mol. The van der Waals surface area contributed by atoms with Crippen molar-refractivity contribution in [2.45, 2.75) is 43.4 Å². The largest absolute Gasteiger partial charge is 0.357 e. The summed E-state index contributed by atoms with van der Waals surface area (Å²) in [6.07, 6.45) is 4.42. The highest BCUT2D eigenvalue weighted by Crippen LogP contribution is 2.22. The highest BCUT2D eigenvalue weighted by molar-refractivity contribution is 14.0. The van der Waals surface area contributed by atoms with E-state index >= 15 is 0 Å². The first kappa shape index (κ1) is 23.8. The number of benzene rings is 1. The van der Waals surface area contributed by atoms with E-state index in [9.17, 15) is 0 Å². The molecular weight excluding hydrogens is 493 g/mol. The normalized spacial score (nSPS) is 15.0. The van der Waals surface area contributed by atoms with E-state index in [1.807, 2.05) is 18.0 Å². The first-order chi connectivity index (χ1) is 13.7. The summed E-state index contributed by atoms with van der Waals surface area (Å²) in [6.45, 7) is 8.92. The van der Waals surface area contributed by atoms with Gasteiger partial charge in [0.1, 0.15) is 5.82 Å². The molecule has 1 aliphatic heterocycles. The van der Waals surface area contributed by atoms with Crippen LogP contribution >= 0.6 is 35.7 Å². The van der Waals surface area contributed by atoms with Crippen molar-refractivity contribution in [1.82, 2.24) is 15.6 Å². The molecule has 1 atom stereocenters. The molecule has 1 aliphatic rings. The lowest BCUT2D eigenvalue weighted by molar-refractivity contribution is 0.794. The Morgan fingerprint density at radius 1 is 1.17 bits per heavy atom. The molecule has 1 saturated heterocycles. The number of hydrogen-bond acceptors (Lipinski definition) is 4. The maximum atomic E-state index is 4.77. The molecular formula is C22H32IN5S. The summed E-state index contributed by atoms with van der Waals surface area (Å²) < 4.78 is 0. The summed E-state index contributed by atoms with van der Waals surface area (Å²) >= 11 is 1.88. The zero-order chi connectivity index (χ0) is 19.6. The quantitative estimate of drug-likeness (QED) is 0.230. The highest BCUT2D eigenvalue weighted by atomic mass is 127. The molecule has 2 aromatic rings. The van der Waals surface area contributed by atoms with Crippen LogP contribution in [0.4, 0.5) is 5.82 Å². The van der Waals surface area contributed by atoms with Crippen LogP contribution in [0.1, 0.15) is 32.3 Å². The summed E-state index contributed by atoms with van der Waals surface area (Å²) in [7, 11) is 0. The minimum Gasteiger partial charge on any atom is -0.357 e. The van der Waals surface area contributed by atoms with E-state index in [1.54, 1.807) is 0 Å². The van der Waals surface area contributed by atoms with Gasteiger partial charge in [0.05, 0.1) is 6.54 Å². The maximum Gasteiger partial charge on any atom is 0.191 e. The fourth-order valence-corrected chi connectivity index (χ4v) is 4.15. The minimum atomic E-state index is 0. The second kappa shape index (κ2) is 13.0. The average molecular weight is 526 g/mol. The molecule has 3 rings (SSSR count). The number of thioether (sulfide) groups is 1. The molecule has 5 nitrogen and oxygen atoms in total. The van der Waals surface area contributed by atoms with E-state index in [4.69, 9.17) is 4.99 Å². The van der Waals surface area contributed by atoms with Gasteiger partial charge in [-0.15, -0.1) is 35.7 Å². The summed E-state index contributed by atoms with van der Waals surface area (Å²) in [6, 6.07) is 14.8. The van der Waals surface area contributed by atoms with E-state index in [0.717, 1.165) is 38.0 Å². The molecule has 1 unspecified atom stereocenters. The van der Waals surface area contributed by atoms with Crippen LogP contribution in [0.3, 0.4) is 0 Å². The Bertz CT molecular complexity index is 750. The molecule has 1 aromatic carbocycles. The lowest BCUT2D eigenvalue weighted by atomic mass is 10.2. The summed E-state index contributed by atoms with van der Waals surface area (Å²) in [4.78, 5) is 13.0. The van der Waals surface area contributed by atoms with Crippen molar-refractivity contribution in [2.24, 2.45) is 4.99 Å². The summed E-state index contributed by atoms with van der Waals surface area (Å²) in [5.74, 6) is 1.94. The number of guanidine groups is 1. The number of pyridine rings is 1. The van der Waals surface area contributed by atoms with E-state index < -0.39 is 0 Å². The Morgan fingerprint density at radius 3 is 2.66 bits per heavy atom. The van der Waals surface area contributed by atoms with Gasteiger partial charge in [0.15, 0.2) is 5.96 Å². The number of aromatic nitrogens is 1. The van der Waals surface area contributed by atoms with Gasteiger partial charge in [-0.2, -0.15) is 0 Å². The summed E-state index contributed by atoms with van der Waals surface area (Å²) in [5.41, 5.74) is 1.20. The van der Waals surface area contributed by atoms with Gasteiger partial charge in [-0.1, -0.05) is 25.1 Å². The monoisotopic (exact) mass is 525 g/mol. The van der Waals surface area contributed by atoms with Crippen molar-refractivity contribution < 1.29 is 0 Å². The molecule has 2 heterocycles. The van der Waals surface area contributed by atoms with Gasteiger partial charge < -0.3 is 15.5 Å². The average Bonchev–Trinajstić information content (AvgIpc) is 3.26. The maximum absolute atomic E-state index is 4.77. The summed E-state index contributed by atoms with van der Waals surface area (Å²) in [5, 5.41) is 7.27. The van der Waals surface area contributed by atoms with Crippen LogP contribution in [-0.2, 0) is 6.54 Å². The van der Waals surface area contributed by atoms with Gasteiger partial charge in [-0.25, -0.2) is 9.98 Å². The molecule has 1 aromatic heterocycles. The molecule has 29 heavy (non-hydrogen) atoms. The number of anilines is 1. The predicted octanol–water partition coefficient (Wildman–Crippen LogP) is 4.54. The smallest absolute Gasteiger partial charge is 0.191 e. The van der Waals surface area contributed by atoms with Gasteiger partial charge in [-0.05, 0) is 49.6 Å². The number of nitrogens with zero attached hydrogens (tertiary/aromatic N) is 3. The van der Waals surface area contributed by atoms with Crippen LogP contribution in [0.5, 0.6) is 0 Å². The molecule has 2 N–H and O–H groups in total. The number of nitrogens with one attached hydrogen (secondary N) is 2. The molecule has 0 bridgehead atoms. The highest BCUT2D eigenvalue weighted by Gasteiger charge is 2.13. The molecule has 1 fully saturated rings. The van der Waals surface area contributed by atoms with Crippen LogP contribution in [0, 0.1) is 0 Å². The number of rotatable bonds is 8. The zero-order valence-corrected chi connectivity index (χ0v) is 20.5. The van der Waals surface area contributed by atoms with Crippen molar-refractivity contribution in [3.05, 3.63) is 54.2 Å². The van der Waals surface area contributed by atoms with Crippen LogP contribution in [-0.4, -0.2) is 42.4 Å². The molecule has 0 spiro atoms. The Labute approximate surface area is 196 Å². The Balaban J connectivity index is 0.00000300. The van der Waals surface area contributed by atoms with Gasteiger partial charge in [0.2, 0.25) is 0 Å². The van der Waals surface area contributed by atoms with Crippen LogP contribution in [0.2, 0.25) is 0 Å². The molecule has 158 valence electrons. The Morgan fingerprint density at radius 2 is 1.93 bits per heavy atom. The molecule has 0 radical (unpaired) electrons. The van der Waals surface area contributed by atoms with E-state index in [-0.39, 0.29) is 24.0 Å². The minimum absolute atomic E-state index is 0. The Hall–Kier alpha value is -1.48. The molecule has 0 saturated carbocycles. The molecule has 0 amide bonds. The number of aliphatic imine (C=N–C) groups is 1. The van der Waals surface area contributed by atoms with Crippen molar-refractivity contribution >= 4 is 47.5 Å². The van der Waals surface area contributed by atoms with Gasteiger partial charge in [0, 0.05) is 42.5 Å². The van der Waals surface area contributed by atoms with Crippen LogP contribution in [0.25, 0.3) is 0 Å². The first-order valence-electron chi connectivity index (χ1n) is 10.2. The fourth-order valence-electron chi connectivity index (χ4n) is 3.20. The van der Waals surface area contributed by atoms with Gasteiger partial charge in [-0.3, -0.25) is 0 Å². The van der Waals surface area contributed by atoms with Gasteiger partial charge in [0.25, 0.3) is 0 Å². The SMILES string of the molecule is CCNC(=NCc1ccnc(N2CCCC2)c1)NCC(C)Sc1ccccc1.I. The van der Waals surface area contributed by atoms with Gasteiger partial charge >= 0.3 is 0 Å². The van der Waals surface area contributed by atoms with Crippen molar-refractivity contribution in [3.63, 3.8) is 0 Å². The van der Waals surface area contributed by atoms with Crippen molar-refractivity contribution in [3.8, 4) is 0 Å². The van der Waals surface area contributed by atoms with Crippen LogP contribution in [0.15, 0.2) is 58.5 Å². The fraction of sp³-hybridized carbons (Fsp3) is 0.455. The topological polar surface area (TPSA) is 52.6 Å². The lowest BCUT2D eigenvalue weighted by Gasteiger charge is -2.17. The number of halogens is 1. The third-order valence-electron chi connectivity index (χ3n) is 4.64. The van der Waals surface area contributed by atoms with E-state index in [1.165, 1.54) is 23.3 Å². The van der Waals surface area contributed by atoms with Crippen molar-refractivity contribution in [1.29, 1.82) is 0 Å². The Kier molecular flexibility index (Phi) is 10.6. The second-order valence-corrected chi connectivity index (χ2v) is 8.55. The standard InChI is InChI=1S/C22H31N5S.HI/c1-3-23-22(25-16-18(2)28-20-9-5-4-6-10-20)26-17-19-11-12-24-21(15-19)27-13-7-8-14-27;/h4-6,9-12,15,18H,3,7-8,13-14,16-17H2,1-2H3,(H2,23,25,26);1H. The third-order valence-corrected chi connectivity index (χ3v) is 5.75. The van der Waals surface area contributed by atoms with E-state index in [2.05, 4.69) is 76.8 Å². The number of hydrogen-bond donors (Lipinski definition) is 2.